The molecule has 0 aliphatic heterocycles. The molecule has 13 heavy (non-hydrogen) atoms. The van der Waals surface area contributed by atoms with Gasteiger partial charge >= 0.3 is 0 Å². The Morgan fingerprint density at radius 2 is 2.38 bits per heavy atom. The number of hydrogen-bond acceptors (Lipinski definition) is 2. The molecule has 68 valence electrons. The van der Waals surface area contributed by atoms with E-state index in [-0.39, 0.29) is 0 Å². The van der Waals surface area contributed by atoms with Gasteiger partial charge in [-0.05, 0) is 17.7 Å². The number of hydrogen-bond donors (Lipinski definition) is 1. The highest BCUT2D eigenvalue weighted by Crippen LogP contribution is 2.18. The summed E-state index contributed by atoms with van der Waals surface area (Å²) in [5.41, 5.74) is 10.2. The molecular formula is C11H13NO. The van der Waals surface area contributed by atoms with Gasteiger partial charge in [-0.15, -0.1) is 5.73 Å². The van der Waals surface area contributed by atoms with E-state index in [1.807, 2.05) is 24.3 Å². The van der Waals surface area contributed by atoms with Crippen LogP contribution in [-0.2, 0) is 0 Å². The molecule has 0 heterocycles. The Bertz CT molecular complexity index is 338. The van der Waals surface area contributed by atoms with Crippen molar-refractivity contribution in [2.45, 2.75) is 0 Å². The quantitative estimate of drug-likeness (QED) is 0.711. The maximum absolute atomic E-state index is 5.53. The minimum atomic E-state index is 0.441. The van der Waals surface area contributed by atoms with Gasteiger partial charge in [0.05, 0.1) is 7.11 Å². The summed E-state index contributed by atoms with van der Waals surface area (Å²) < 4.78 is 5.09. The van der Waals surface area contributed by atoms with Crippen LogP contribution in [0.25, 0.3) is 5.57 Å². The van der Waals surface area contributed by atoms with Crippen LogP contribution in [-0.4, -0.2) is 13.7 Å². The molecule has 1 rings (SSSR count). The van der Waals surface area contributed by atoms with Crippen LogP contribution in [0.15, 0.2) is 36.6 Å². The molecule has 0 saturated carbocycles. The second kappa shape index (κ2) is 4.51. The van der Waals surface area contributed by atoms with Crippen LogP contribution >= 0.6 is 0 Å². The van der Waals surface area contributed by atoms with Gasteiger partial charge in [-0.1, -0.05) is 18.7 Å². The van der Waals surface area contributed by atoms with Crippen molar-refractivity contribution in [3.05, 3.63) is 42.1 Å². The Balaban J connectivity index is 3.07. The highest BCUT2D eigenvalue weighted by Gasteiger charge is 1.99. The Labute approximate surface area is 78.3 Å². The summed E-state index contributed by atoms with van der Waals surface area (Å²) in [5.74, 6) is 0.818. The van der Waals surface area contributed by atoms with Crippen LogP contribution in [0, 0.1) is 0 Å². The van der Waals surface area contributed by atoms with Crippen LogP contribution in [0.5, 0.6) is 5.75 Å². The zero-order chi connectivity index (χ0) is 9.68. The molecule has 2 nitrogen and oxygen atoms in total. The minimum absolute atomic E-state index is 0.441. The smallest absolute Gasteiger partial charge is 0.119 e. The SMILES string of the molecule is C=C=C(CN)c1cccc(OC)c1. The third-order valence-electron chi connectivity index (χ3n) is 1.84. The molecule has 0 amide bonds. The Morgan fingerprint density at radius 1 is 1.62 bits per heavy atom. The summed E-state index contributed by atoms with van der Waals surface area (Å²) in [4.78, 5) is 0. The third kappa shape index (κ3) is 2.22. The number of rotatable bonds is 3. The van der Waals surface area contributed by atoms with E-state index in [1.54, 1.807) is 7.11 Å². The van der Waals surface area contributed by atoms with Crippen LogP contribution < -0.4 is 10.5 Å². The number of methoxy groups -OCH3 is 1. The molecule has 0 fully saturated rings. The predicted octanol–water partition coefficient (Wildman–Crippen LogP) is 1.82. The first-order valence-corrected chi connectivity index (χ1v) is 4.05. The van der Waals surface area contributed by atoms with Crippen molar-refractivity contribution < 1.29 is 4.74 Å². The van der Waals surface area contributed by atoms with E-state index in [9.17, 15) is 0 Å². The van der Waals surface area contributed by atoms with Crippen molar-refractivity contribution in [2.75, 3.05) is 13.7 Å². The molecule has 0 bridgehead atoms. The standard InChI is InChI=1S/C11H13NO/c1-3-9(8-12)10-5-4-6-11(7-10)13-2/h4-7H,1,8,12H2,2H3. The van der Waals surface area contributed by atoms with Gasteiger partial charge in [0.1, 0.15) is 5.75 Å². The highest BCUT2D eigenvalue weighted by atomic mass is 16.5. The first-order chi connectivity index (χ1) is 6.31. The maximum atomic E-state index is 5.53. The van der Waals surface area contributed by atoms with Gasteiger partial charge in [0.25, 0.3) is 0 Å². The minimum Gasteiger partial charge on any atom is -0.497 e. The summed E-state index contributed by atoms with van der Waals surface area (Å²) in [6.07, 6.45) is 0. The van der Waals surface area contributed by atoms with Crippen molar-refractivity contribution in [3.63, 3.8) is 0 Å². The van der Waals surface area contributed by atoms with E-state index in [4.69, 9.17) is 10.5 Å². The van der Waals surface area contributed by atoms with Crippen molar-refractivity contribution in [2.24, 2.45) is 5.73 Å². The summed E-state index contributed by atoms with van der Waals surface area (Å²) in [5, 5.41) is 0. The lowest BCUT2D eigenvalue weighted by atomic mass is 10.1. The topological polar surface area (TPSA) is 35.2 Å². The Hall–Kier alpha value is -1.50. The average Bonchev–Trinajstić information content (AvgIpc) is 2.20. The molecule has 1 aromatic carbocycles. The molecule has 0 radical (unpaired) electrons. The van der Waals surface area contributed by atoms with Gasteiger partial charge in [0.15, 0.2) is 0 Å². The fourth-order valence-electron chi connectivity index (χ4n) is 1.10. The van der Waals surface area contributed by atoms with E-state index < -0.39 is 0 Å². The molecular weight excluding hydrogens is 162 g/mol. The Kier molecular flexibility index (Phi) is 3.32. The fraction of sp³-hybridized carbons (Fsp3) is 0.182. The molecule has 2 heteroatoms. The van der Waals surface area contributed by atoms with E-state index in [0.29, 0.717) is 6.54 Å². The van der Waals surface area contributed by atoms with Crippen molar-refractivity contribution in [3.8, 4) is 5.75 Å². The van der Waals surface area contributed by atoms with E-state index in [2.05, 4.69) is 12.3 Å². The van der Waals surface area contributed by atoms with E-state index in [0.717, 1.165) is 16.9 Å². The molecule has 0 aliphatic rings. The maximum Gasteiger partial charge on any atom is 0.119 e. The molecule has 1 aromatic rings. The fourth-order valence-corrected chi connectivity index (χ4v) is 1.10. The molecule has 0 atom stereocenters. The first kappa shape index (κ1) is 9.59. The number of benzene rings is 1. The normalized spacial score (nSPS) is 9.08. The van der Waals surface area contributed by atoms with Crippen LogP contribution in [0.3, 0.4) is 0 Å². The van der Waals surface area contributed by atoms with Crippen LogP contribution in [0.4, 0.5) is 0 Å². The third-order valence-corrected chi connectivity index (χ3v) is 1.84. The molecule has 0 saturated heterocycles. The van der Waals surface area contributed by atoms with Crippen LogP contribution in [0.2, 0.25) is 0 Å². The summed E-state index contributed by atoms with van der Waals surface area (Å²) in [6, 6.07) is 7.69. The lowest BCUT2D eigenvalue weighted by Gasteiger charge is -2.04. The largest absolute Gasteiger partial charge is 0.497 e. The van der Waals surface area contributed by atoms with Gasteiger partial charge in [-0.2, -0.15) is 0 Å². The molecule has 0 spiro atoms. The van der Waals surface area contributed by atoms with Gasteiger partial charge < -0.3 is 10.5 Å². The van der Waals surface area contributed by atoms with Gasteiger partial charge in [0.2, 0.25) is 0 Å². The molecule has 0 aliphatic carbocycles. The lowest BCUT2D eigenvalue weighted by Crippen LogP contribution is -2.01. The van der Waals surface area contributed by atoms with Crippen molar-refractivity contribution in [1.82, 2.24) is 0 Å². The zero-order valence-electron chi connectivity index (χ0n) is 7.71. The van der Waals surface area contributed by atoms with Crippen LogP contribution in [0.1, 0.15) is 5.56 Å². The Morgan fingerprint density at radius 3 is 2.92 bits per heavy atom. The molecule has 2 N–H and O–H groups in total. The van der Waals surface area contributed by atoms with Gasteiger partial charge in [-0.25, -0.2) is 0 Å². The molecule has 0 aromatic heterocycles. The number of nitrogens with two attached hydrogens (primary N) is 1. The van der Waals surface area contributed by atoms with Gasteiger partial charge in [-0.3, -0.25) is 0 Å². The summed E-state index contributed by atoms with van der Waals surface area (Å²) in [6.45, 7) is 4.02. The monoisotopic (exact) mass is 175 g/mol. The number of ether oxygens (including phenoxy) is 1. The van der Waals surface area contributed by atoms with Crippen molar-refractivity contribution >= 4 is 5.57 Å². The second-order valence-electron chi connectivity index (χ2n) is 2.59. The predicted molar refractivity (Wildman–Crippen MR) is 54.6 cm³/mol. The highest BCUT2D eigenvalue weighted by molar-refractivity contribution is 5.66. The zero-order valence-corrected chi connectivity index (χ0v) is 7.71. The van der Waals surface area contributed by atoms with Gasteiger partial charge in [0, 0.05) is 12.1 Å². The first-order valence-electron chi connectivity index (χ1n) is 4.05. The van der Waals surface area contributed by atoms with E-state index >= 15 is 0 Å². The lowest BCUT2D eigenvalue weighted by molar-refractivity contribution is 0.414. The molecule has 0 unspecified atom stereocenters. The summed E-state index contributed by atoms with van der Waals surface area (Å²) >= 11 is 0. The van der Waals surface area contributed by atoms with E-state index in [1.165, 1.54) is 0 Å². The van der Waals surface area contributed by atoms with Crippen molar-refractivity contribution in [1.29, 1.82) is 0 Å². The average molecular weight is 175 g/mol. The summed E-state index contributed by atoms with van der Waals surface area (Å²) in [7, 11) is 1.64. The second-order valence-corrected chi connectivity index (χ2v) is 2.59.